The number of hydrogen-bond acceptors (Lipinski definition) is 4. The Hall–Kier alpha value is -1.66. The predicted molar refractivity (Wildman–Crippen MR) is 95.1 cm³/mol. The monoisotopic (exact) mass is 352 g/mol. The minimum absolute atomic E-state index is 0.161. The summed E-state index contributed by atoms with van der Waals surface area (Å²) in [5.74, 6) is 0.548. The van der Waals surface area contributed by atoms with Crippen LogP contribution in [0.4, 0.5) is 4.39 Å². The Balaban J connectivity index is 1.84. The Morgan fingerprint density at radius 1 is 1.24 bits per heavy atom. The lowest BCUT2D eigenvalue weighted by molar-refractivity contribution is -0.127. The van der Waals surface area contributed by atoms with E-state index in [2.05, 4.69) is 24.1 Å². The molecule has 1 aromatic rings. The summed E-state index contributed by atoms with van der Waals surface area (Å²) in [6.45, 7) is 9.95. The second kappa shape index (κ2) is 9.73. The van der Waals surface area contributed by atoms with Crippen molar-refractivity contribution in [1.29, 1.82) is 0 Å². The Morgan fingerprint density at radius 2 is 1.88 bits per heavy atom. The summed E-state index contributed by atoms with van der Waals surface area (Å²) >= 11 is 0. The molecule has 2 rings (SSSR count). The molecule has 1 aromatic carbocycles. The summed E-state index contributed by atoms with van der Waals surface area (Å²) in [6.07, 6.45) is 0.392. The highest BCUT2D eigenvalue weighted by Crippen LogP contribution is 2.15. The van der Waals surface area contributed by atoms with Crippen molar-refractivity contribution in [1.82, 2.24) is 10.2 Å². The first-order valence-electron chi connectivity index (χ1n) is 8.97. The minimum atomic E-state index is -0.630. The van der Waals surface area contributed by atoms with Gasteiger partial charge in [-0.1, -0.05) is 13.8 Å². The number of halogens is 1. The van der Waals surface area contributed by atoms with Gasteiger partial charge in [-0.25, -0.2) is 4.39 Å². The number of nitrogens with zero attached hydrogens (tertiary/aromatic N) is 1. The molecule has 0 unspecified atom stereocenters. The Bertz CT molecular complexity index is 530. The normalized spacial score (nSPS) is 18.0. The first-order chi connectivity index (χ1) is 12.0. The third-order valence-electron chi connectivity index (χ3n) is 4.31. The highest BCUT2D eigenvalue weighted by atomic mass is 19.1. The van der Waals surface area contributed by atoms with Gasteiger partial charge in [-0.15, -0.1) is 0 Å². The lowest BCUT2D eigenvalue weighted by atomic mass is 10.0. The fraction of sp³-hybridized carbons (Fsp3) is 0.632. The van der Waals surface area contributed by atoms with Crippen LogP contribution < -0.4 is 10.1 Å². The summed E-state index contributed by atoms with van der Waals surface area (Å²) in [7, 11) is 0. The Labute approximate surface area is 149 Å². The average Bonchev–Trinajstić information content (AvgIpc) is 2.60. The SMILES string of the molecule is CC(C)C[C@@H](CNC(=O)[C@H](C)Oc1ccc(F)cc1)N1CCOCC1. The molecular weight excluding hydrogens is 323 g/mol. The first kappa shape index (κ1) is 19.7. The zero-order valence-corrected chi connectivity index (χ0v) is 15.3. The molecule has 1 N–H and O–H groups in total. The second-order valence-electron chi connectivity index (χ2n) is 6.89. The third kappa shape index (κ3) is 6.63. The van der Waals surface area contributed by atoms with Gasteiger partial charge in [-0.05, 0) is 43.5 Å². The van der Waals surface area contributed by atoms with E-state index in [1.807, 2.05) is 0 Å². The maximum atomic E-state index is 12.9. The fourth-order valence-corrected chi connectivity index (χ4v) is 2.98. The molecule has 2 atom stereocenters. The highest BCUT2D eigenvalue weighted by molar-refractivity contribution is 5.80. The molecular formula is C19H29FN2O3. The lowest BCUT2D eigenvalue weighted by Crippen LogP contribution is -2.50. The van der Waals surface area contributed by atoms with Gasteiger partial charge in [0.2, 0.25) is 0 Å². The predicted octanol–water partition coefficient (Wildman–Crippen LogP) is 2.46. The van der Waals surface area contributed by atoms with Crippen LogP contribution in [0, 0.1) is 11.7 Å². The smallest absolute Gasteiger partial charge is 0.260 e. The molecule has 0 aromatic heterocycles. The van der Waals surface area contributed by atoms with Crippen LogP contribution in [-0.2, 0) is 9.53 Å². The van der Waals surface area contributed by atoms with Crippen molar-refractivity contribution in [3.05, 3.63) is 30.1 Å². The topological polar surface area (TPSA) is 50.8 Å². The lowest BCUT2D eigenvalue weighted by Gasteiger charge is -2.35. The molecule has 1 heterocycles. The van der Waals surface area contributed by atoms with E-state index in [-0.39, 0.29) is 11.7 Å². The summed E-state index contributed by atoms with van der Waals surface area (Å²) in [6, 6.07) is 5.97. The van der Waals surface area contributed by atoms with E-state index in [1.54, 1.807) is 6.92 Å². The molecule has 5 nitrogen and oxygen atoms in total. The molecule has 0 spiro atoms. The van der Waals surface area contributed by atoms with Crippen LogP contribution in [0.1, 0.15) is 27.2 Å². The van der Waals surface area contributed by atoms with E-state index in [0.717, 1.165) is 32.7 Å². The Morgan fingerprint density at radius 3 is 2.48 bits per heavy atom. The zero-order valence-electron chi connectivity index (χ0n) is 15.3. The van der Waals surface area contributed by atoms with Crippen LogP contribution in [-0.4, -0.2) is 55.8 Å². The van der Waals surface area contributed by atoms with E-state index in [4.69, 9.17) is 9.47 Å². The summed E-state index contributed by atoms with van der Waals surface area (Å²) in [5, 5.41) is 3.00. The van der Waals surface area contributed by atoms with E-state index in [9.17, 15) is 9.18 Å². The number of rotatable bonds is 8. The maximum absolute atomic E-state index is 12.9. The van der Waals surface area contributed by atoms with Crippen molar-refractivity contribution < 1.29 is 18.7 Å². The summed E-state index contributed by atoms with van der Waals surface area (Å²) in [5.41, 5.74) is 0. The molecule has 6 heteroatoms. The van der Waals surface area contributed by atoms with Gasteiger partial charge >= 0.3 is 0 Å². The van der Waals surface area contributed by atoms with Crippen molar-refractivity contribution in [3.8, 4) is 5.75 Å². The Kier molecular flexibility index (Phi) is 7.65. The van der Waals surface area contributed by atoms with Gasteiger partial charge in [0.25, 0.3) is 5.91 Å². The van der Waals surface area contributed by atoms with Crippen molar-refractivity contribution in [2.75, 3.05) is 32.8 Å². The number of hydrogen-bond donors (Lipinski definition) is 1. The number of carbonyl (C=O) groups excluding carboxylic acids is 1. The maximum Gasteiger partial charge on any atom is 0.260 e. The highest BCUT2D eigenvalue weighted by Gasteiger charge is 2.23. The van der Waals surface area contributed by atoms with Gasteiger partial charge in [0.15, 0.2) is 6.10 Å². The van der Waals surface area contributed by atoms with Crippen molar-refractivity contribution in [2.24, 2.45) is 5.92 Å². The van der Waals surface area contributed by atoms with E-state index in [0.29, 0.717) is 24.3 Å². The summed E-state index contributed by atoms with van der Waals surface area (Å²) < 4.78 is 23.9. The summed E-state index contributed by atoms with van der Waals surface area (Å²) in [4.78, 5) is 14.7. The largest absolute Gasteiger partial charge is 0.481 e. The van der Waals surface area contributed by atoms with Crippen LogP contribution in [0.2, 0.25) is 0 Å². The van der Waals surface area contributed by atoms with Gasteiger partial charge in [0, 0.05) is 25.7 Å². The van der Waals surface area contributed by atoms with Gasteiger partial charge in [-0.2, -0.15) is 0 Å². The van der Waals surface area contributed by atoms with Crippen LogP contribution in [0.15, 0.2) is 24.3 Å². The van der Waals surface area contributed by atoms with E-state index < -0.39 is 6.10 Å². The second-order valence-corrected chi connectivity index (χ2v) is 6.89. The molecule has 25 heavy (non-hydrogen) atoms. The number of benzene rings is 1. The molecule has 0 bridgehead atoms. The number of amides is 1. The van der Waals surface area contributed by atoms with E-state index >= 15 is 0 Å². The number of morpholine rings is 1. The standard InChI is InChI=1S/C19H29FN2O3/c1-14(2)12-17(22-8-10-24-11-9-22)13-21-19(23)15(3)25-18-6-4-16(20)5-7-18/h4-7,14-15,17H,8-13H2,1-3H3,(H,21,23)/t15-,17-/m0/s1. The molecule has 0 aliphatic carbocycles. The number of carbonyl (C=O) groups is 1. The average molecular weight is 352 g/mol. The molecule has 140 valence electrons. The fourth-order valence-electron chi connectivity index (χ4n) is 2.98. The van der Waals surface area contributed by atoms with Crippen LogP contribution >= 0.6 is 0 Å². The van der Waals surface area contributed by atoms with E-state index in [1.165, 1.54) is 24.3 Å². The van der Waals surface area contributed by atoms with Gasteiger partial charge < -0.3 is 14.8 Å². The molecule has 1 aliphatic heterocycles. The first-order valence-corrected chi connectivity index (χ1v) is 8.97. The van der Waals surface area contributed by atoms with Crippen molar-refractivity contribution in [3.63, 3.8) is 0 Å². The molecule has 1 aliphatic rings. The minimum Gasteiger partial charge on any atom is -0.481 e. The molecule has 0 radical (unpaired) electrons. The quantitative estimate of drug-likeness (QED) is 0.781. The van der Waals surface area contributed by atoms with Crippen molar-refractivity contribution in [2.45, 2.75) is 39.3 Å². The van der Waals surface area contributed by atoms with Crippen LogP contribution in [0.5, 0.6) is 5.75 Å². The van der Waals surface area contributed by atoms with Crippen molar-refractivity contribution >= 4 is 5.91 Å². The number of ether oxygens (including phenoxy) is 2. The molecule has 1 fully saturated rings. The van der Waals surface area contributed by atoms with Gasteiger partial charge in [0.05, 0.1) is 13.2 Å². The van der Waals surface area contributed by atoms with Crippen LogP contribution in [0.25, 0.3) is 0 Å². The van der Waals surface area contributed by atoms with Crippen LogP contribution in [0.3, 0.4) is 0 Å². The molecule has 1 saturated heterocycles. The number of nitrogens with one attached hydrogen (secondary N) is 1. The van der Waals surface area contributed by atoms with Gasteiger partial charge in [-0.3, -0.25) is 9.69 Å². The molecule has 0 saturated carbocycles. The van der Waals surface area contributed by atoms with Gasteiger partial charge in [0.1, 0.15) is 11.6 Å². The molecule has 1 amide bonds. The zero-order chi connectivity index (χ0) is 18.2. The third-order valence-corrected chi connectivity index (χ3v) is 4.31.